The molecule has 1 heterocycles. The molecule has 0 atom stereocenters. The minimum Gasteiger partial charge on any atom is -0.490 e. The Balaban J connectivity index is 2.26. The minimum absolute atomic E-state index is 0.388. The van der Waals surface area contributed by atoms with E-state index in [1.165, 1.54) is 0 Å². The monoisotopic (exact) mass is 372 g/mol. The summed E-state index contributed by atoms with van der Waals surface area (Å²) < 4.78 is 7.65. The van der Waals surface area contributed by atoms with Crippen LogP contribution in [0.5, 0.6) is 5.75 Å². The van der Waals surface area contributed by atoms with E-state index in [-0.39, 0.29) is 0 Å². The minimum atomic E-state index is 0.388. The highest BCUT2D eigenvalue weighted by Gasteiger charge is 2.10. The molecular weight excluding hydrogens is 355 g/mol. The molecule has 0 aliphatic rings. The van der Waals surface area contributed by atoms with Crippen molar-refractivity contribution in [2.24, 2.45) is 11.0 Å². The lowest BCUT2D eigenvalue weighted by Crippen LogP contribution is -2.05. The van der Waals surface area contributed by atoms with Crippen LogP contribution in [-0.2, 0) is 6.42 Å². The summed E-state index contributed by atoms with van der Waals surface area (Å²) in [5.74, 6) is 1.63. The van der Waals surface area contributed by atoms with Crippen LogP contribution >= 0.6 is 35.4 Å². The van der Waals surface area contributed by atoms with Crippen LogP contribution in [0.3, 0.4) is 0 Å². The molecular formula is C15H18Cl2N4OS. The number of rotatable bonds is 6. The highest BCUT2D eigenvalue weighted by atomic mass is 35.5. The Morgan fingerprint density at radius 1 is 1.39 bits per heavy atom. The highest BCUT2D eigenvalue weighted by Crippen LogP contribution is 2.34. The summed E-state index contributed by atoms with van der Waals surface area (Å²) in [5.41, 5.74) is 0.752. The highest BCUT2D eigenvalue weighted by molar-refractivity contribution is 7.71. The zero-order chi connectivity index (χ0) is 17.0. The molecule has 0 fully saturated rings. The van der Waals surface area contributed by atoms with Crippen molar-refractivity contribution < 1.29 is 4.74 Å². The predicted octanol–water partition coefficient (Wildman–Crippen LogP) is 4.73. The van der Waals surface area contributed by atoms with Crippen LogP contribution in [0.25, 0.3) is 0 Å². The molecule has 0 spiro atoms. The molecule has 5 nitrogen and oxygen atoms in total. The number of nitrogens with one attached hydrogen (secondary N) is 1. The Morgan fingerprint density at radius 3 is 2.61 bits per heavy atom. The van der Waals surface area contributed by atoms with Gasteiger partial charge in [0.2, 0.25) is 4.77 Å². The molecule has 1 aromatic carbocycles. The predicted molar refractivity (Wildman–Crippen MR) is 96.6 cm³/mol. The third kappa shape index (κ3) is 4.56. The Morgan fingerprint density at radius 2 is 2.04 bits per heavy atom. The van der Waals surface area contributed by atoms with E-state index in [0.717, 1.165) is 11.4 Å². The first-order valence-corrected chi connectivity index (χ1v) is 8.41. The average Bonchev–Trinajstić information content (AvgIpc) is 2.84. The molecule has 0 saturated heterocycles. The first-order valence-electron chi connectivity index (χ1n) is 7.24. The van der Waals surface area contributed by atoms with Gasteiger partial charge >= 0.3 is 0 Å². The molecule has 124 valence electrons. The summed E-state index contributed by atoms with van der Waals surface area (Å²) in [6.45, 7) is 6.65. The van der Waals surface area contributed by atoms with Crippen LogP contribution < -0.4 is 4.74 Å². The summed E-state index contributed by atoms with van der Waals surface area (Å²) >= 11 is 17.6. The molecule has 1 N–H and O–H groups in total. The number of aryl methyl sites for hydroxylation is 1. The number of H-pyrrole nitrogens is 1. The van der Waals surface area contributed by atoms with Crippen LogP contribution in [0, 0.1) is 10.7 Å². The van der Waals surface area contributed by atoms with E-state index in [0.29, 0.717) is 39.5 Å². The van der Waals surface area contributed by atoms with Gasteiger partial charge in [0.25, 0.3) is 0 Å². The van der Waals surface area contributed by atoms with Gasteiger partial charge in [-0.15, -0.1) is 0 Å². The molecule has 0 radical (unpaired) electrons. The maximum atomic E-state index is 6.25. The topological polar surface area (TPSA) is 55.2 Å². The van der Waals surface area contributed by atoms with Gasteiger partial charge in [0.15, 0.2) is 11.6 Å². The van der Waals surface area contributed by atoms with E-state index < -0.39 is 0 Å². The summed E-state index contributed by atoms with van der Waals surface area (Å²) in [5, 5.41) is 12.0. The van der Waals surface area contributed by atoms with Crippen molar-refractivity contribution in [1.82, 2.24) is 14.9 Å². The Kier molecular flexibility index (Phi) is 6.21. The van der Waals surface area contributed by atoms with Crippen LogP contribution in [0.4, 0.5) is 0 Å². The number of halogens is 2. The molecule has 0 amide bonds. The van der Waals surface area contributed by atoms with Crippen molar-refractivity contribution in [1.29, 1.82) is 0 Å². The molecule has 0 saturated carbocycles. The Labute approximate surface area is 150 Å². The molecule has 2 aromatic rings. The molecule has 1 aromatic heterocycles. The number of nitrogens with zero attached hydrogens (tertiary/aromatic N) is 3. The quantitative estimate of drug-likeness (QED) is 0.589. The lowest BCUT2D eigenvalue weighted by atomic mass is 10.2. The fraction of sp³-hybridized carbons (Fsp3) is 0.400. The number of benzene rings is 1. The number of aromatic amines is 1. The van der Waals surface area contributed by atoms with E-state index in [1.807, 2.05) is 6.92 Å². The largest absolute Gasteiger partial charge is 0.490 e. The van der Waals surface area contributed by atoms with Crippen LogP contribution in [-0.4, -0.2) is 27.7 Å². The number of hydrogen-bond donors (Lipinski definition) is 1. The Hall–Kier alpha value is -1.37. The van der Waals surface area contributed by atoms with E-state index >= 15 is 0 Å². The smallest absolute Gasteiger partial charge is 0.216 e. The first kappa shape index (κ1) is 18.0. The maximum Gasteiger partial charge on any atom is 0.216 e. The lowest BCUT2D eigenvalue weighted by Gasteiger charge is -2.12. The number of ether oxygens (including phenoxy) is 1. The molecule has 0 aliphatic carbocycles. The van der Waals surface area contributed by atoms with Gasteiger partial charge in [0, 0.05) is 6.42 Å². The fourth-order valence-corrected chi connectivity index (χ4v) is 2.65. The molecule has 2 rings (SSSR count). The second-order valence-electron chi connectivity index (χ2n) is 5.37. The van der Waals surface area contributed by atoms with Gasteiger partial charge in [-0.3, -0.25) is 5.10 Å². The van der Waals surface area contributed by atoms with Crippen LogP contribution in [0.2, 0.25) is 10.0 Å². The average molecular weight is 373 g/mol. The zero-order valence-electron chi connectivity index (χ0n) is 13.1. The third-order valence-corrected chi connectivity index (χ3v) is 3.76. The van der Waals surface area contributed by atoms with Crippen molar-refractivity contribution in [2.45, 2.75) is 27.2 Å². The fourth-order valence-electron chi connectivity index (χ4n) is 1.84. The zero-order valence-corrected chi connectivity index (χ0v) is 15.5. The van der Waals surface area contributed by atoms with Gasteiger partial charge in [-0.2, -0.15) is 14.9 Å². The SMILES string of the molecule is CCc1n[nH]c(=S)n1/N=C\c1cc(Cl)c(OCC(C)C)c(Cl)c1. The summed E-state index contributed by atoms with van der Waals surface area (Å²) in [7, 11) is 0. The van der Waals surface area contributed by atoms with Crippen molar-refractivity contribution in [2.75, 3.05) is 6.61 Å². The van der Waals surface area contributed by atoms with Gasteiger partial charge in [-0.05, 0) is 35.8 Å². The van der Waals surface area contributed by atoms with Crippen molar-refractivity contribution in [3.05, 3.63) is 38.3 Å². The third-order valence-electron chi connectivity index (χ3n) is 2.94. The van der Waals surface area contributed by atoms with E-state index in [1.54, 1.807) is 23.0 Å². The summed E-state index contributed by atoms with van der Waals surface area (Å²) in [6, 6.07) is 3.50. The molecule has 0 bridgehead atoms. The van der Waals surface area contributed by atoms with E-state index in [9.17, 15) is 0 Å². The molecule has 8 heteroatoms. The van der Waals surface area contributed by atoms with Gasteiger partial charge in [-0.1, -0.05) is 44.0 Å². The van der Waals surface area contributed by atoms with Crippen LogP contribution in [0.1, 0.15) is 32.2 Å². The molecule has 0 unspecified atom stereocenters. The maximum absolute atomic E-state index is 6.25. The number of aromatic nitrogens is 3. The van der Waals surface area contributed by atoms with Crippen molar-refractivity contribution in [3.63, 3.8) is 0 Å². The van der Waals surface area contributed by atoms with E-state index in [2.05, 4.69) is 29.1 Å². The lowest BCUT2D eigenvalue weighted by molar-refractivity contribution is 0.271. The second kappa shape index (κ2) is 7.95. The first-order chi connectivity index (χ1) is 10.9. The normalized spacial score (nSPS) is 11.6. The second-order valence-corrected chi connectivity index (χ2v) is 6.57. The number of hydrogen-bond acceptors (Lipinski definition) is 4. The summed E-state index contributed by atoms with van der Waals surface area (Å²) in [6.07, 6.45) is 2.35. The van der Waals surface area contributed by atoms with Gasteiger partial charge in [-0.25, -0.2) is 0 Å². The van der Waals surface area contributed by atoms with Gasteiger partial charge in [0.05, 0.1) is 22.9 Å². The molecule has 0 aliphatic heterocycles. The van der Waals surface area contributed by atoms with Crippen LogP contribution in [0.15, 0.2) is 17.2 Å². The summed E-state index contributed by atoms with van der Waals surface area (Å²) in [4.78, 5) is 0. The van der Waals surface area contributed by atoms with Gasteiger partial charge < -0.3 is 4.74 Å². The van der Waals surface area contributed by atoms with Crippen molar-refractivity contribution >= 4 is 41.6 Å². The van der Waals surface area contributed by atoms with Crippen molar-refractivity contribution in [3.8, 4) is 5.75 Å². The molecule has 23 heavy (non-hydrogen) atoms. The van der Waals surface area contributed by atoms with Gasteiger partial charge in [0.1, 0.15) is 0 Å². The Bertz CT molecular complexity index is 744. The van der Waals surface area contributed by atoms with E-state index in [4.69, 9.17) is 40.2 Å². The standard InChI is InChI=1S/C15H18Cl2N4OS/c1-4-13-19-20-15(23)21(13)18-7-10-5-11(16)14(12(17)6-10)22-8-9(2)3/h5-7,9H,4,8H2,1-3H3,(H,20,23)/b18-7-.